The van der Waals surface area contributed by atoms with Crippen LogP contribution in [0.15, 0.2) is 53.3 Å². The summed E-state index contributed by atoms with van der Waals surface area (Å²) in [5.74, 6) is 0.830. The summed E-state index contributed by atoms with van der Waals surface area (Å²) in [5, 5.41) is 10.3. The van der Waals surface area contributed by atoms with Gasteiger partial charge in [0.15, 0.2) is 5.65 Å². The lowest BCUT2D eigenvalue weighted by Crippen LogP contribution is -2.25. The second-order valence-corrected chi connectivity index (χ2v) is 7.20. The molecule has 3 aromatic rings. The Balaban J connectivity index is 1.23. The zero-order valence-electron chi connectivity index (χ0n) is 15.6. The smallest absolute Gasteiger partial charge is 0.220 e. The number of benzene rings is 1. The molecule has 0 aliphatic carbocycles. The van der Waals surface area contributed by atoms with Crippen LogP contribution >= 0.6 is 15.9 Å². The molecule has 2 heterocycles. The van der Waals surface area contributed by atoms with Crippen LogP contribution in [0.3, 0.4) is 0 Å². The SMILES string of the molecule is O=C(CCCNc1ccn2ncc(Br)c2n1)NCCCOCc1ccccc1. The normalized spacial score (nSPS) is 10.9. The first-order valence-corrected chi connectivity index (χ1v) is 10.1. The second-order valence-electron chi connectivity index (χ2n) is 6.35. The topological polar surface area (TPSA) is 80.6 Å². The lowest BCUT2D eigenvalue weighted by atomic mass is 10.2. The third kappa shape index (κ3) is 6.31. The molecule has 1 aromatic carbocycles. The fourth-order valence-electron chi connectivity index (χ4n) is 2.66. The molecule has 7 nitrogen and oxygen atoms in total. The molecule has 8 heteroatoms. The predicted octanol–water partition coefficient (Wildman–Crippen LogP) is 3.41. The maximum Gasteiger partial charge on any atom is 0.220 e. The van der Waals surface area contributed by atoms with E-state index in [-0.39, 0.29) is 5.91 Å². The predicted molar refractivity (Wildman–Crippen MR) is 112 cm³/mol. The van der Waals surface area contributed by atoms with Gasteiger partial charge in [-0.25, -0.2) is 9.50 Å². The van der Waals surface area contributed by atoms with Crippen LogP contribution in [0.2, 0.25) is 0 Å². The standard InChI is InChI=1S/C20H24BrN5O2/c21-17-14-24-26-12-9-18(25-20(17)26)22-10-4-8-19(27)23-11-5-13-28-15-16-6-2-1-3-7-16/h1-3,6-7,9,12,14H,4-5,8,10-11,13,15H2,(H,22,25)(H,23,27). The summed E-state index contributed by atoms with van der Waals surface area (Å²) in [6.45, 7) is 2.56. The average Bonchev–Trinajstić information content (AvgIpc) is 3.09. The number of rotatable bonds is 11. The quantitative estimate of drug-likeness (QED) is 0.442. The number of carbonyl (C=O) groups excluding carboxylic acids is 1. The minimum absolute atomic E-state index is 0.0619. The first kappa shape index (κ1) is 20.3. The van der Waals surface area contributed by atoms with E-state index in [2.05, 4.69) is 36.6 Å². The van der Waals surface area contributed by atoms with E-state index in [1.165, 1.54) is 0 Å². The van der Waals surface area contributed by atoms with Crippen molar-refractivity contribution in [2.75, 3.05) is 25.0 Å². The van der Waals surface area contributed by atoms with Crippen molar-refractivity contribution in [1.82, 2.24) is 19.9 Å². The molecule has 0 aliphatic heterocycles. The van der Waals surface area contributed by atoms with Crippen LogP contribution in [0.4, 0.5) is 5.82 Å². The number of nitrogens with zero attached hydrogens (tertiary/aromatic N) is 3. The molecular weight excluding hydrogens is 422 g/mol. The Morgan fingerprint density at radius 1 is 1.14 bits per heavy atom. The summed E-state index contributed by atoms with van der Waals surface area (Å²) in [6, 6.07) is 11.9. The molecule has 28 heavy (non-hydrogen) atoms. The van der Waals surface area contributed by atoms with Gasteiger partial charge in [0.2, 0.25) is 5.91 Å². The van der Waals surface area contributed by atoms with Crippen molar-refractivity contribution in [2.24, 2.45) is 0 Å². The highest BCUT2D eigenvalue weighted by Crippen LogP contribution is 2.16. The van der Waals surface area contributed by atoms with Gasteiger partial charge in [-0.1, -0.05) is 30.3 Å². The van der Waals surface area contributed by atoms with Crippen LogP contribution in [0.25, 0.3) is 5.65 Å². The largest absolute Gasteiger partial charge is 0.377 e. The molecule has 0 atom stereocenters. The Kier molecular flexibility index (Phi) is 7.81. The van der Waals surface area contributed by atoms with E-state index in [1.807, 2.05) is 42.6 Å². The Hall–Kier alpha value is -2.45. The van der Waals surface area contributed by atoms with Gasteiger partial charge in [0.05, 0.1) is 17.3 Å². The van der Waals surface area contributed by atoms with Crippen molar-refractivity contribution in [3.05, 3.63) is 58.8 Å². The molecule has 0 aliphatic rings. The summed E-state index contributed by atoms with van der Waals surface area (Å²) in [5.41, 5.74) is 1.92. The Bertz CT molecular complexity index is 885. The number of halogens is 1. The number of hydrogen-bond donors (Lipinski definition) is 2. The minimum atomic E-state index is 0.0619. The van der Waals surface area contributed by atoms with Crippen molar-refractivity contribution in [3.8, 4) is 0 Å². The molecule has 0 spiro atoms. The minimum Gasteiger partial charge on any atom is -0.377 e. The van der Waals surface area contributed by atoms with E-state index < -0.39 is 0 Å². The molecule has 2 N–H and O–H groups in total. The van der Waals surface area contributed by atoms with Gasteiger partial charge in [-0.15, -0.1) is 0 Å². The summed E-state index contributed by atoms with van der Waals surface area (Å²) in [6.07, 6.45) is 5.59. The third-order valence-electron chi connectivity index (χ3n) is 4.11. The molecule has 0 saturated carbocycles. The third-order valence-corrected chi connectivity index (χ3v) is 4.67. The number of anilines is 1. The first-order valence-electron chi connectivity index (χ1n) is 9.34. The maximum absolute atomic E-state index is 11.9. The maximum atomic E-state index is 11.9. The van der Waals surface area contributed by atoms with Gasteiger partial charge in [0.25, 0.3) is 0 Å². The molecule has 0 unspecified atom stereocenters. The zero-order valence-corrected chi connectivity index (χ0v) is 17.2. The molecule has 0 bridgehead atoms. The number of fused-ring (bicyclic) bond motifs is 1. The van der Waals surface area contributed by atoms with E-state index in [0.717, 1.165) is 34.3 Å². The number of carbonyl (C=O) groups is 1. The van der Waals surface area contributed by atoms with Gasteiger partial charge in [0.1, 0.15) is 5.82 Å². The molecular formula is C20H24BrN5O2. The monoisotopic (exact) mass is 445 g/mol. The number of hydrogen-bond acceptors (Lipinski definition) is 5. The van der Waals surface area contributed by atoms with Crippen molar-refractivity contribution in [3.63, 3.8) is 0 Å². The van der Waals surface area contributed by atoms with Crippen LogP contribution in [-0.4, -0.2) is 40.2 Å². The van der Waals surface area contributed by atoms with Crippen molar-refractivity contribution >= 4 is 33.3 Å². The number of aromatic nitrogens is 3. The molecule has 2 aromatic heterocycles. The van der Waals surface area contributed by atoms with Crippen LogP contribution in [-0.2, 0) is 16.1 Å². The van der Waals surface area contributed by atoms with E-state index in [1.54, 1.807) is 10.7 Å². The van der Waals surface area contributed by atoms with Gasteiger partial charge in [-0.05, 0) is 40.4 Å². The van der Waals surface area contributed by atoms with Crippen molar-refractivity contribution in [1.29, 1.82) is 0 Å². The lowest BCUT2D eigenvalue weighted by Gasteiger charge is -2.08. The lowest BCUT2D eigenvalue weighted by molar-refractivity contribution is -0.121. The van der Waals surface area contributed by atoms with E-state index in [0.29, 0.717) is 32.7 Å². The fourth-order valence-corrected chi connectivity index (χ4v) is 3.02. The molecule has 0 saturated heterocycles. The fraction of sp³-hybridized carbons (Fsp3) is 0.350. The van der Waals surface area contributed by atoms with E-state index in [4.69, 9.17) is 4.74 Å². The van der Waals surface area contributed by atoms with E-state index in [9.17, 15) is 4.79 Å². The highest BCUT2D eigenvalue weighted by atomic mass is 79.9. The number of ether oxygens (including phenoxy) is 1. The van der Waals surface area contributed by atoms with Gasteiger partial charge in [-0.2, -0.15) is 5.10 Å². The van der Waals surface area contributed by atoms with E-state index >= 15 is 0 Å². The highest BCUT2D eigenvalue weighted by molar-refractivity contribution is 9.10. The second kappa shape index (κ2) is 10.8. The highest BCUT2D eigenvalue weighted by Gasteiger charge is 2.04. The Morgan fingerprint density at radius 2 is 2.00 bits per heavy atom. The molecule has 1 amide bonds. The summed E-state index contributed by atoms with van der Waals surface area (Å²) in [4.78, 5) is 16.4. The van der Waals surface area contributed by atoms with Crippen LogP contribution < -0.4 is 10.6 Å². The Morgan fingerprint density at radius 3 is 2.86 bits per heavy atom. The molecule has 3 rings (SSSR count). The summed E-state index contributed by atoms with van der Waals surface area (Å²) in [7, 11) is 0. The molecule has 148 valence electrons. The summed E-state index contributed by atoms with van der Waals surface area (Å²) < 4.78 is 8.16. The molecule has 0 fully saturated rings. The van der Waals surface area contributed by atoms with Gasteiger partial charge < -0.3 is 15.4 Å². The Labute approximate surface area is 172 Å². The van der Waals surface area contributed by atoms with Crippen LogP contribution in [0.1, 0.15) is 24.8 Å². The van der Waals surface area contributed by atoms with Gasteiger partial charge in [0, 0.05) is 32.3 Å². The van der Waals surface area contributed by atoms with Crippen molar-refractivity contribution < 1.29 is 9.53 Å². The number of amides is 1. The van der Waals surface area contributed by atoms with Crippen LogP contribution in [0.5, 0.6) is 0 Å². The summed E-state index contributed by atoms with van der Waals surface area (Å²) >= 11 is 3.42. The average molecular weight is 446 g/mol. The first-order chi connectivity index (χ1) is 13.7. The van der Waals surface area contributed by atoms with Gasteiger partial charge in [-0.3, -0.25) is 4.79 Å². The van der Waals surface area contributed by atoms with Gasteiger partial charge >= 0.3 is 0 Å². The molecule has 0 radical (unpaired) electrons. The zero-order chi connectivity index (χ0) is 19.6. The van der Waals surface area contributed by atoms with Crippen molar-refractivity contribution in [2.45, 2.75) is 25.9 Å². The number of nitrogens with one attached hydrogen (secondary N) is 2. The van der Waals surface area contributed by atoms with Crippen LogP contribution in [0, 0.1) is 0 Å².